The molecule has 1 unspecified atom stereocenters. The molecule has 1 atom stereocenters. The van der Waals surface area contributed by atoms with Crippen LogP contribution in [0.5, 0.6) is 5.75 Å². The molecule has 23 heavy (non-hydrogen) atoms. The van der Waals surface area contributed by atoms with Crippen LogP contribution in [-0.4, -0.2) is 45.0 Å². The topological polar surface area (TPSA) is 58.6 Å². The average molecular weight is 334 g/mol. The number of ether oxygens (including phenoxy) is 1. The van der Waals surface area contributed by atoms with Crippen molar-refractivity contribution in [3.05, 3.63) is 36.4 Å². The average Bonchev–Trinajstić information content (AvgIpc) is 2.55. The summed E-state index contributed by atoms with van der Waals surface area (Å²) in [5, 5.41) is 4.77. The van der Waals surface area contributed by atoms with Gasteiger partial charge in [0.25, 0.3) is 0 Å². The van der Waals surface area contributed by atoms with Gasteiger partial charge in [-0.1, -0.05) is 24.3 Å². The fraction of sp³-hybridized carbons (Fsp3) is 0.412. The van der Waals surface area contributed by atoms with Gasteiger partial charge in [-0.3, -0.25) is 0 Å². The predicted molar refractivity (Wildman–Crippen MR) is 91.3 cm³/mol. The third-order valence-electron chi connectivity index (χ3n) is 4.17. The summed E-state index contributed by atoms with van der Waals surface area (Å²) in [5.74, 6) is 0.718. The van der Waals surface area contributed by atoms with Crippen molar-refractivity contribution in [2.75, 3.05) is 26.2 Å². The predicted octanol–water partition coefficient (Wildman–Crippen LogP) is 2.22. The van der Waals surface area contributed by atoms with E-state index in [0.717, 1.165) is 11.1 Å². The largest absolute Gasteiger partial charge is 0.493 e. The molecular weight excluding hydrogens is 312 g/mol. The zero-order valence-electron chi connectivity index (χ0n) is 13.5. The van der Waals surface area contributed by atoms with Crippen LogP contribution in [0.4, 0.5) is 0 Å². The molecule has 1 fully saturated rings. The van der Waals surface area contributed by atoms with Gasteiger partial charge < -0.3 is 10.1 Å². The summed E-state index contributed by atoms with van der Waals surface area (Å²) >= 11 is 0. The molecule has 6 heteroatoms. The van der Waals surface area contributed by atoms with E-state index in [2.05, 4.69) is 5.32 Å². The Morgan fingerprint density at radius 1 is 1.22 bits per heavy atom. The zero-order chi connectivity index (χ0) is 16.4. The van der Waals surface area contributed by atoms with Crippen LogP contribution in [0.1, 0.15) is 13.8 Å². The Hall–Kier alpha value is -1.63. The number of nitrogens with zero attached hydrogens (tertiary/aromatic N) is 1. The van der Waals surface area contributed by atoms with E-state index in [1.54, 1.807) is 16.4 Å². The molecule has 1 aliphatic rings. The first-order chi connectivity index (χ1) is 11.1. The number of rotatable bonds is 4. The SMILES string of the molecule is CCOc1ccc(S(=O)(=O)N2CCNCC2C)c2ccccc12. The highest BCUT2D eigenvalue weighted by Crippen LogP contribution is 2.33. The Balaban J connectivity index is 2.14. The monoisotopic (exact) mass is 334 g/mol. The quantitative estimate of drug-likeness (QED) is 0.931. The third-order valence-corrected chi connectivity index (χ3v) is 6.24. The Bertz CT molecular complexity index is 805. The molecule has 1 aliphatic heterocycles. The van der Waals surface area contributed by atoms with E-state index in [9.17, 15) is 8.42 Å². The van der Waals surface area contributed by atoms with Crippen LogP contribution in [0, 0.1) is 0 Å². The van der Waals surface area contributed by atoms with Crippen LogP contribution >= 0.6 is 0 Å². The molecule has 0 saturated carbocycles. The maximum Gasteiger partial charge on any atom is 0.244 e. The normalized spacial score (nSPS) is 19.8. The van der Waals surface area contributed by atoms with Crippen LogP contribution < -0.4 is 10.1 Å². The van der Waals surface area contributed by atoms with E-state index >= 15 is 0 Å². The first-order valence-corrected chi connectivity index (χ1v) is 9.37. The molecule has 1 saturated heterocycles. The van der Waals surface area contributed by atoms with Crippen molar-refractivity contribution in [3.63, 3.8) is 0 Å². The first-order valence-electron chi connectivity index (χ1n) is 7.93. The van der Waals surface area contributed by atoms with E-state index in [1.807, 2.05) is 38.1 Å². The molecule has 3 rings (SSSR count). The zero-order valence-corrected chi connectivity index (χ0v) is 14.3. The molecule has 124 valence electrons. The summed E-state index contributed by atoms with van der Waals surface area (Å²) in [6.07, 6.45) is 0. The van der Waals surface area contributed by atoms with Gasteiger partial charge >= 0.3 is 0 Å². The van der Waals surface area contributed by atoms with Crippen LogP contribution in [0.25, 0.3) is 10.8 Å². The molecule has 1 heterocycles. The molecule has 0 spiro atoms. The summed E-state index contributed by atoms with van der Waals surface area (Å²) < 4.78 is 33.5. The Labute approximate surface area is 137 Å². The Morgan fingerprint density at radius 2 is 1.96 bits per heavy atom. The van der Waals surface area contributed by atoms with Gasteiger partial charge in [0.1, 0.15) is 5.75 Å². The molecule has 0 aliphatic carbocycles. The number of piperazine rings is 1. The second kappa shape index (κ2) is 6.47. The van der Waals surface area contributed by atoms with Crippen molar-refractivity contribution in [3.8, 4) is 5.75 Å². The maximum atomic E-state index is 13.1. The van der Waals surface area contributed by atoms with Crippen LogP contribution in [0.15, 0.2) is 41.3 Å². The Morgan fingerprint density at radius 3 is 2.65 bits per heavy atom. The van der Waals surface area contributed by atoms with Crippen LogP contribution in [0.2, 0.25) is 0 Å². The van der Waals surface area contributed by atoms with Gasteiger partial charge in [0.05, 0.1) is 11.5 Å². The second-order valence-electron chi connectivity index (χ2n) is 5.71. The van der Waals surface area contributed by atoms with Gasteiger partial charge in [-0.05, 0) is 26.0 Å². The summed E-state index contributed by atoms with van der Waals surface area (Å²) in [6.45, 7) is 6.24. The van der Waals surface area contributed by atoms with Crippen molar-refractivity contribution in [2.45, 2.75) is 24.8 Å². The van der Waals surface area contributed by atoms with Crippen molar-refractivity contribution in [1.29, 1.82) is 0 Å². The van der Waals surface area contributed by atoms with Gasteiger partial charge in [0, 0.05) is 36.4 Å². The highest BCUT2D eigenvalue weighted by atomic mass is 32.2. The lowest BCUT2D eigenvalue weighted by atomic mass is 10.1. The highest BCUT2D eigenvalue weighted by Gasteiger charge is 2.32. The van der Waals surface area contributed by atoms with Crippen molar-refractivity contribution in [1.82, 2.24) is 9.62 Å². The number of hydrogen-bond donors (Lipinski definition) is 1. The standard InChI is InChI=1S/C17H22N2O3S/c1-3-22-16-8-9-17(15-7-5-4-6-14(15)16)23(20,21)19-11-10-18-12-13(19)2/h4-9,13,18H,3,10-12H2,1-2H3. The number of hydrogen-bond acceptors (Lipinski definition) is 4. The number of sulfonamides is 1. The van der Waals surface area contributed by atoms with E-state index in [-0.39, 0.29) is 6.04 Å². The minimum atomic E-state index is -3.53. The van der Waals surface area contributed by atoms with Crippen LogP contribution in [-0.2, 0) is 10.0 Å². The summed E-state index contributed by atoms with van der Waals surface area (Å²) in [4.78, 5) is 0.352. The molecule has 0 aromatic heterocycles. The van der Waals surface area contributed by atoms with Gasteiger partial charge in [0.2, 0.25) is 10.0 Å². The molecule has 2 aromatic carbocycles. The first kappa shape index (κ1) is 16.2. The van der Waals surface area contributed by atoms with E-state index in [0.29, 0.717) is 36.5 Å². The van der Waals surface area contributed by atoms with Crippen molar-refractivity contribution < 1.29 is 13.2 Å². The molecule has 2 aromatic rings. The highest BCUT2D eigenvalue weighted by molar-refractivity contribution is 7.89. The minimum Gasteiger partial charge on any atom is -0.493 e. The lowest BCUT2D eigenvalue weighted by Gasteiger charge is -2.33. The van der Waals surface area contributed by atoms with Gasteiger partial charge in [-0.25, -0.2) is 8.42 Å². The van der Waals surface area contributed by atoms with Gasteiger partial charge in [-0.15, -0.1) is 0 Å². The Kier molecular flexibility index (Phi) is 4.57. The molecular formula is C17H22N2O3S. The van der Waals surface area contributed by atoms with Crippen LogP contribution in [0.3, 0.4) is 0 Å². The summed E-state index contributed by atoms with van der Waals surface area (Å²) in [6, 6.07) is 10.9. The molecule has 0 radical (unpaired) electrons. The molecule has 0 bridgehead atoms. The minimum absolute atomic E-state index is 0.0564. The van der Waals surface area contributed by atoms with E-state index in [1.165, 1.54) is 0 Å². The van der Waals surface area contributed by atoms with Crippen molar-refractivity contribution >= 4 is 20.8 Å². The summed E-state index contributed by atoms with van der Waals surface area (Å²) in [7, 11) is -3.53. The smallest absolute Gasteiger partial charge is 0.244 e. The van der Waals surface area contributed by atoms with E-state index in [4.69, 9.17) is 4.74 Å². The van der Waals surface area contributed by atoms with Crippen molar-refractivity contribution in [2.24, 2.45) is 0 Å². The van der Waals surface area contributed by atoms with Gasteiger partial charge in [-0.2, -0.15) is 4.31 Å². The lowest BCUT2D eigenvalue weighted by molar-refractivity contribution is 0.284. The maximum absolute atomic E-state index is 13.1. The fourth-order valence-electron chi connectivity index (χ4n) is 3.06. The number of nitrogens with one attached hydrogen (secondary N) is 1. The number of fused-ring (bicyclic) bond motifs is 1. The van der Waals surface area contributed by atoms with Gasteiger partial charge in [0.15, 0.2) is 0 Å². The second-order valence-corrected chi connectivity index (χ2v) is 7.57. The molecule has 1 N–H and O–H groups in total. The lowest BCUT2D eigenvalue weighted by Crippen LogP contribution is -2.52. The molecule has 5 nitrogen and oxygen atoms in total. The summed E-state index contributed by atoms with van der Waals surface area (Å²) in [5.41, 5.74) is 0. The number of benzene rings is 2. The fourth-order valence-corrected chi connectivity index (χ4v) is 4.88. The van der Waals surface area contributed by atoms with E-state index < -0.39 is 10.0 Å². The third kappa shape index (κ3) is 2.94. The molecule has 0 amide bonds.